The molecule has 0 atom stereocenters. The Balaban J connectivity index is 2.18. The number of nitrogens with one attached hydrogen (secondary N) is 1. The average Bonchev–Trinajstić information content (AvgIpc) is 2.30. The summed E-state index contributed by atoms with van der Waals surface area (Å²) in [7, 11) is 2.19. The lowest BCUT2D eigenvalue weighted by atomic mass is 10.1. The van der Waals surface area contributed by atoms with Crippen molar-refractivity contribution in [2.75, 3.05) is 20.1 Å². The molecule has 1 aromatic rings. The zero-order valence-corrected chi connectivity index (χ0v) is 14.3. The highest BCUT2D eigenvalue weighted by Crippen LogP contribution is 2.17. The minimum atomic E-state index is 0.237. The number of nitrogens with zero attached hydrogens (tertiary/aromatic N) is 1. The largest absolute Gasteiger partial charge is 0.312 e. The molecule has 0 unspecified atom stereocenters. The van der Waals surface area contributed by atoms with E-state index in [0.717, 1.165) is 19.6 Å². The summed E-state index contributed by atoms with van der Waals surface area (Å²) in [6.07, 6.45) is 2.47. The van der Waals surface area contributed by atoms with Gasteiger partial charge in [-0.25, -0.2) is 0 Å². The van der Waals surface area contributed by atoms with Crippen molar-refractivity contribution in [3.8, 4) is 0 Å². The van der Waals surface area contributed by atoms with Crippen molar-refractivity contribution in [3.63, 3.8) is 0 Å². The minimum Gasteiger partial charge on any atom is -0.312 e. The molecular formula is C16H27BrN2. The van der Waals surface area contributed by atoms with Crippen LogP contribution in [-0.4, -0.2) is 30.6 Å². The number of halogens is 1. The van der Waals surface area contributed by atoms with E-state index in [1.807, 2.05) is 0 Å². The van der Waals surface area contributed by atoms with Gasteiger partial charge in [-0.3, -0.25) is 0 Å². The molecule has 0 saturated carbocycles. The molecule has 0 fully saturated rings. The van der Waals surface area contributed by atoms with Crippen LogP contribution in [0, 0.1) is 0 Å². The highest BCUT2D eigenvalue weighted by Gasteiger charge is 2.07. The molecule has 0 amide bonds. The van der Waals surface area contributed by atoms with Crippen molar-refractivity contribution in [1.82, 2.24) is 10.2 Å². The normalized spacial score (nSPS) is 12.1. The van der Waals surface area contributed by atoms with Crippen LogP contribution in [0.1, 0.15) is 39.2 Å². The van der Waals surface area contributed by atoms with Crippen molar-refractivity contribution >= 4 is 15.9 Å². The lowest BCUT2D eigenvalue weighted by Gasteiger charge is -2.21. The Morgan fingerprint density at radius 3 is 2.47 bits per heavy atom. The Hall–Kier alpha value is -0.380. The van der Waals surface area contributed by atoms with Gasteiger partial charge in [-0.2, -0.15) is 0 Å². The van der Waals surface area contributed by atoms with E-state index in [0.29, 0.717) is 0 Å². The summed E-state index contributed by atoms with van der Waals surface area (Å²) < 4.78 is 1.20. The van der Waals surface area contributed by atoms with Gasteiger partial charge in [0.25, 0.3) is 0 Å². The van der Waals surface area contributed by atoms with Crippen LogP contribution in [-0.2, 0) is 6.54 Å². The van der Waals surface area contributed by atoms with E-state index < -0.39 is 0 Å². The van der Waals surface area contributed by atoms with Gasteiger partial charge in [0.15, 0.2) is 0 Å². The van der Waals surface area contributed by atoms with E-state index in [4.69, 9.17) is 0 Å². The first kappa shape index (κ1) is 16.7. The fourth-order valence-electron chi connectivity index (χ4n) is 1.97. The lowest BCUT2D eigenvalue weighted by Crippen LogP contribution is -2.36. The monoisotopic (exact) mass is 326 g/mol. The van der Waals surface area contributed by atoms with Crippen LogP contribution in [0.2, 0.25) is 0 Å². The van der Waals surface area contributed by atoms with Gasteiger partial charge in [0.2, 0.25) is 0 Å². The van der Waals surface area contributed by atoms with Crippen LogP contribution < -0.4 is 5.32 Å². The van der Waals surface area contributed by atoms with Crippen molar-refractivity contribution in [1.29, 1.82) is 0 Å². The van der Waals surface area contributed by atoms with Crippen molar-refractivity contribution in [3.05, 3.63) is 34.3 Å². The predicted octanol–water partition coefficient (Wildman–Crippen LogP) is 4.05. The standard InChI is InChI=1S/C16H27BrN2/c1-16(2,3)18-11-7-8-12-19(4)13-14-9-5-6-10-15(14)17/h5-6,9-10,18H,7-8,11-13H2,1-4H3. The number of hydrogen-bond acceptors (Lipinski definition) is 2. The molecule has 0 aliphatic heterocycles. The maximum Gasteiger partial charge on any atom is 0.0241 e. The van der Waals surface area contributed by atoms with E-state index >= 15 is 0 Å². The predicted molar refractivity (Wildman–Crippen MR) is 87.5 cm³/mol. The summed E-state index contributed by atoms with van der Waals surface area (Å²) in [5.41, 5.74) is 1.60. The van der Waals surface area contributed by atoms with Crippen LogP contribution in [0.25, 0.3) is 0 Å². The van der Waals surface area contributed by atoms with Gasteiger partial charge in [-0.1, -0.05) is 34.1 Å². The van der Waals surface area contributed by atoms with E-state index in [9.17, 15) is 0 Å². The van der Waals surface area contributed by atoms with Crippen molar-refractivity contribution < 1.29 is 0 Å². The molecule has 0 aliphatic carbocycles. The highest BCUT2D eigenvalue weighted by atomic mass is 79.9. The van der Waals surface area contributed by atoms with Crippen LogP contribution in [0.3, 0.4) is 0 Å². The molecule has 0 aromatic heterocycles. The maximum atomic E-state index is 3.60. The molecule has 0 heterocycles. The van der Waals surface area contributed by atoms with Gasteiger partial charge in [0.1, 0.15) is 0 Å². The smallest absolute Gasteiger partial charge is 0.0241 e. The molecule has 0 radical (unpaired) electrons. The molecule has 0 bridgehead atoms. The highest BCUT2D eigenvalue weighted by molar-refractivity contribution is 9.10. The minimum absolute atomic E-state index is 0.237. The molecule has 0 spiro atoms. The third-order valence-electron chi connectivity index (χ3n) is 3.02. The number of unbranched alkanes of at least 4 members (excludes halogenated alkanes) is 1. The molecule has 0 saturated heterocycles. The molecule has 108 valence electrons. The van der Waals surface area contributed by atoms with E-state index in [1.54, 1.807) is 0 Å². The first-order valence-electron chi connectivity index (χ1n) is 7.05. The number of benzene rings is 1. The maximum absolute atomic E-state index is 3.60. The summed E-state index contributed by atoms with van der Waals surface area (Å²) in [6.45, 7) is 9.90. The summed E-state index contributed by atoms with van der Waals surface area (Å²) in [4.78, 5) is 2.39. The lowest BCUT2D eigenvalue weighted by molar-refractivity contribution is 0.313. The van der Waals surface area contributed by atoms with Crippen LogP contribution in [0.15, 0.2) is 28.7 Å². The Morgan fingerprint density at radius 1 is 1.16 bits per heavy atom. The van der Waals surface area contributed by atoms with Gasteiger partial charge in [-0.05, 0) is 65.4 Å². The van der Waals surface area contributed by atoms with Crippen LogP contribution >= 0.6 is 15.9 Å². The van der Waals surface area contributed by atoms with E-state index in [-0.39, 0.29) is 5.54 Å². The van der Waals surface area contributed by atoms with E-state index in [1.165, 1.54) is 22.9 Å². The summed E-state index contributed by atoms with van der Waals surface area (Å²) in [5.74, 6) is 0. The second-order valence-electron chi connectivity index (χ2n) is 6.21. The molecule has 1 rings (SSSR count). The van der Waals surface area contributed by atoms with Gasteiger partial charge < -0.3 is 10.2 Å². The number of hydrogen-bond donors (Lipinski definition) is 1. The third-order valence-corrected chi connectivity index (χ3v) is 3.79. The van der Waals surface area contributed by atoms with Crippen LogP contribution in [0.4, 0.5) is 0 Å². The second kappa shape index (κ2) is 8.03. The molecule has 0 aliphatic rings. The Kier molecular flexibility index (Phi) is 7.05. The van der Waals surface area contributed by atoms with Gasteiger partial charge in [0, 0.05) is 16.6 Å². The number of rotatable bonds is 7. The average molecular weight is 327 g/mol. The molecule has 2 nitrogen and oxygen atoms in total. The summed E-state index contributed by atoms with van der Waals surface area (Å²) in [5, 5.41) is 3.53. The third kappa shape index (κ3) is 7.71. The zero-order valence-electron chi connectivity index (χ0n) is 12.7. The molecule has 3 heteroatoms. The van der Waals surface area contributed by atoms with Gasteiger partial charge in [-0.15, -0.1) is 0 Å². The van der Waals surface area contributed by atoms with Crippen LogP contribution in [0.5, 0.6) is 0 Å². The van der Waals surface area contributed by atoms with Gasteiger partial charge in [0.05, 0.1) is 0 Å². The summed E-state index contributed by atoms with van der Waals surface area (Å²) >= 11 is 3.60. The Labute approximate surface area is 126 Å². The Bertz CT molecular complexity index is 371. The first-order chi connectivity index (χ1) is 8.88. The SMILES string of the molecule is CN(CCCCNC(C)(C)C)Cc1ccccc1Br. The van der Waals surface area contributed by atoms with Gasteiger partial charge >= 0.3 is 0 Å². The fourth-order valence-corrected chi connectivity index (χ4v) is 2.38. The zero-order chi connectivity index (χ0) is 14.3. The molecule has 1 aromatic carbocycles. The topological polar surface area (TPSA) is 15.3 Å². The summed E-state index contributed by atoms with van der Waals surface area (Å²) in [6, 6.07) is 8.45. The Morgan fingerprint density at radius 2 is 1.84 bits per heavy atom. The second-order valence-corrected chi connectivity index (χ2v) is 7.07. The van der Waals surface area contributed by atoms with Crippen molar-refractivity contribution in [2.45, 2.75) is 45.7 Å². The van der Waals surface area contributed by atoms with E-state index in [2.05, 4.69) is 78.2 Å². The fraction of sp³-hybridized carbons (Fsp3) is 0.625. The first-order valence-corrected chi connectivity index (χ1v) is 7.85. The molecule has 1 N–H and O–H groups in total. The van der Waals surface area contributed by atoms with Crippen molar-refractivity contribution in [2.24, 2.45) is 0 Å². The molecule has 19 heavy (non-hydrogen) atoms. The molecular weight excluding hydrogens is 300 g/mol. The quantitative estimate of drug-likeness (QED) is 0.760.